The predicted molar refractivity (Wildman–Crippen MR) is 81.1 cm³/mol. The Hall–Kier alpha value is -2.43. The standard InChI is InChI=1S/C16H17F2N3/c1-21(14-10-6-5-9-13(14)15(19)20)11-16(17,18)12-7-3-2-4-8-12/h2-10H,11H2,1H3,(H3,19,20). The SMILES string of the molecule is CN(CC(F)(F)c1ccccc1)c1ccccc1C(=N)N. The molecule has 0 saturated carbocycles. The lowest BCUT2D eigenvalue weighted by molar-refractivity contribution is 0.00499. The molecule has 21 heavy (non-hydrogen) atoms. The van der Waals surface area contributed by atoms with Crippen molar-refractivity contribution in [1.82, 2.24) is 0 Å². The molecule has 0 fully saturated rings. The van der Waals surface area contributed by atoms with E-state index in [0.29, 0.717) is 11.3 Å². The highest BCUT2D eigenvalue weighted by Crippen LogP contribution is 2.31. The lowest BCUT2D eigenvalue weighted by Crippen LogP contribution is -2.33. The molecule has 0 atom stereocenters. The van der Waals surface area contributed by atoms with Crippen molar-refractivity contribution in [2.45, 2.75) is 5.92 Å². The van der Waals surface area contributed by atoms with E-state index in [1.54, 1.807) is 49.5 Å². The van der Waals surface area contributed by atoms with E-state index in [-0.39, 0.29) is 11.4 Å². The van der Waals surface area contributed by atoms with Crippen LogP contribution < -0.4 is 10.6 Å². The van der Waals surface area contributed by atoms with Crippen LogP contribution in [0.25, 0.3) is 0 Å². The van der Waals surface area contributed by atoms with E-state index in [1.807, 2.05) is 0 Å². The molecule has 5 heteroatoms. The van der Waals surface area contributed by atoms with Gasteiger partial charge in [-0.25, -0.2) is 0 Å². The number of likely N-dealkylation sites (N-methyl/N-ethyl adjacent to an activating group) is 1. The molecule has 110 valence electrons. The number of alkyl halides is 2. The van der Waals surface area contributed by atoms with Gasteiger partial charge >= 0.3 is 0 Å². The zero-order chi connectivity index (χ0) is 15.5. The van der Waals surface area contributed by atoms with E-state index in [1.165, 1.54) is 17.0 Å². The zero-order valence-electron chi connectivity index (χ0n) is 11.7. The highest BCUT2D eigenvalue weighted by molar-refractivity contribution is 6.00. The van der Waals surface area contributed by atoms with Crippen LogP contribution in [0.15, 0.2) is 54.6 Å². The summed E-state index contributed by atoms with van der Waals surface area (Å²) in [7, 11) is 1.57. The van der Waals surface area contributed by atoms with Crippen molar-refractivity contribution in [3.8, 4) is 0 Å². The molecule has 0 unspecified atom stereocenters. The van der Waals surface area contributed by atoms with Crippen LogP contribution >= 0.6 is 0 Å². The highest BCUT2D eigenvalue weighted by Gasteiger charge is 2.33. The molecule has 0 aliphatic carbocycles. The Kier molecular flexibility index (Phi) is 4.21. The van der Waals surface area contributed by atoms with E-state index >= 15 is 0 Å². The Labute approximate surface area is 122 Å². The van der Waals surface area contributed by atoms with Crippen molar-refractivity contribution in [3.05, 3.63) is 65.7 Å². The molecule has 2 rings (SSSR count). The number of nitrogens with one attached hydrogen (secondary N) is 1. The molecule has 0 heterocycles. The van der Waals surface area contributed by atoms with Crippen LogP contribution in [-0.4, -0.2) is 19.4 Å². The Morgan fingerprint density at radius 2 is 1.67 bits per heavy atom. The fourth-order valence-electron chi connectivity index (χ4n) is 2.19. The number of rotatable bonds is 5. The minimum absolute atomic E-state index is 0.0304. The number of hydrogen-bond donors (Lipinski definition) is 2. The van der Waals surface area contributed by atoms with Crippen LogP contribution in [0.3, 0.4) is 0 Å². The Bertz CT molecular complexity index is 626. The van der Waals surface area contributed by atoms with Crippen LogP contribution in [0.1, 0.15) is 11.1 Å². The molecule has 0 amide bonds. The second-order valence-electron chi connectivity index (χ2n) is 4.86. The summed E-state index contributed by atoms with van der Waals surface area (Å²) in [6, 6.07) is 14.5. The molecule has 0 aliphatic heterocycles. The third-order valence-corrected chi connectivity index (χ3v) is 3.24. The number of anilines is 1. The molecule has 0 aromatic heterocycles. The molecule has 0 spiro atoms. The van der Waals surface area contributed by atoms with E-state index in [0.717, 1.165) is 0 Å². The first-order chi connectivity index (χ1) is 9.92. The van der Waals surface area contributed by atoms with Gasteiger partial charge in [-0.15, -0.1) is 0 Å². The number of nitrogen functional groups attached to an aromatic ring is 1. The van der Waals surface area contributed by atoms with Crippen LogP contribution in [0.5, 0.6) is 0 Å². The first kappa shape index (κ1) is 15.0. The molecule has 3 nitrogen and oxygen atoms in total. The Morgan fingerprint density at radius 1 is 1.10 bits per heavy atom. The molecule has 0 radical (unpaired) electrons. The molecule has 2 aromatic carbocycles. The number of nitrogens with two attached hydrogens (primary N) is 1. The number of para-hydroxylation sites is 1. The summed E-state index contributed by atoms with van der Waals surface area (Å²) in [5.41, 5.74) is 6.43. The molecule has 2 aromatic rings. The molecule has 0 aliphatic rings. The predicted octanol–water partition coefficient (Wildman–Crippen LogP) is 3.20. The van der Waals surface area contributed by atoms with E-state index < -0.39 is 12.5 Å². The molecular weight excluding hydrogens is 272 g/mol. The number of hydrogen-bond acceptors (Lipinski definition) is 2. The van der Waals surface area contributed by atoms with Crippen molar-refractivity contribution < 1.29 is 8.78 Å². The van der Waals surface area contributed by atoms with Crippen LogP contribution in [0, 0.1) is 5.41 Å². The summed E-state index contributed by atoms with van der Waals surface area (Å²) in [6.07, 6.45) is 0. The summed E-state index contributed by atoms with van der Waals surface area (Å²) in [4.78, 5) is 1.42. The zero-order valence-corrected chi connectivity index (χ0v) is 11.7. The minimum Gasteiger partial charge on any atom is -0.384 e. The molecular formula is C16H17F2N3. The van der Waals surface area contributed by atoms with Crippen molar-refractivity contribution in [3.63, 3.8) is 0 Å². The number of halogens is 2. The lowest BCUT2D eigenvalue weighted by atomic mass is 10.1. The second kappa shape index (κ2) is 5.91. The first-order valence-corrected chi connectivity index (χ1v) is 6.50. The minimum atomic E-state index is -2.99. The van der Waals surface area contributed by atoms with Crippen LogP contribution in [0.2, 0.25) is 0 Å². The molecule has 3 N–H and O–H groups in total. The average molecular weight is 289 g/mol. The van der Waals surface area contributed by atoms with E-state index in [2.05, 4.69) is 0 Å². The van der Waals surface area contributed by atoms with Gasteiger partial charge in [0.05, 0.1) is 6.54 Å². The maximum absolute atomic E-state index is 14.3. The largest absolute Gasteiger partial charge is 0.384 e. The van der Waals surface area contributed by atoms with E-state index in [9.17, 15) is 8.78 Å². The third kappa shape index (κ3) is 3.37. The first-order valence-electron chi connectivity index (χ1n) is 6.50. The third-order valence-electron chi connectivity index (χ3n) is 3.24. The quantitative estimate of drug-likeness (QED) is 0.656. The van der Waals surface area contributed by atoms with Crippen molar-refractivity contribution in [2.24, 2.45) is 5.73 Å². The fourth-order valence-corrected chi connectivity index (χ4v) is 2.19. The summed E-state index contributed by atoms with van der Waals surface area (Å²) in [5, 5.41) is 7.53. The maximum Gasteiger partial charge on any atom is 0.290 e. The summed E-state index contributed by atoms with van der Waals surface area (Å²) < 4.78 is 28.6. The van der Waals surface area contributed by atoms with Gasteiger partial charge in [-0.05, 0) is 12.1 Å². The van der Waals surface area contributed by atoms with Crippen LogP contribution in [0.4, 0.5) is 14.5 Å². The van der Waals surface area contributed by atoms with Gasteiger partial charge < -0.3 is 10.6 Å². The topological polar surface area (TPSA) is 53.1 Å². The summed E-state index contributed by atoms with van der Waals surface area (Å²) in [5.74, 6) is -3.12. The number of nitrogens with zero attached hydrogens (tertiary/aromatic N) is 1. The van der Waals surface area contributed by atoms with Gasteiger partial charge in [0.2, 0.25) is 0 Å². The second-order valence-corrected chi connectivity index (χ2v) is 4.86. The monoisotopic (exact) mass is 289 g/mol. The smallest absolute Gasteiger partial charge is 0.290 e. The van der Waals surface area contributed by atoms with E-state index in [4.69, 9.17) is 11.1 Å². The Balaban J connectivity index is 2.26. The van der Waals surface area contributed by atoms with Gasteiger partial charge in [0.25, 0.3) is 5.92 Å². The normalized spacial score (nSPS) is 11.2. The lowest BCUT2D eigenvalue weighted by Gasteiger charge is -2.27. The van der Waals surface area contributed by atoms with Crippen LogP contribution in [-0.2, 0) is 5.92 Å². The average Bonchev–Trinajstić information content (AvgIpc) is 2.47. The fraction of sp³-hybridized carbons (Fsp3) is 0.188. The van der Waals surface area contributed by atoms with Gasteiger partial charge in [-0.3, -0.25) is 5.41 Å². The number of benzene rings is 2. The van der Waals surface area contributed by atoms with Gasteiger partial charge in [-0.2, -0.15) is 8.78 Å². The number of amidine groups is 1. The van der Waals surface area contributed by atoms with Crippen molar-refractivity contribution in [2.75, 3.05) is 18.5 Å². The van der Waals surface area contributed by atoms with Gasteiger partial charge in [0, 0.05) is 23.9 Å². The maximum atomic E-state index is 14.3. The van der Waals surface area contributed by atoms with Gasteiger partial charge in [-0.1, -0.05) is 42.5 Å². The van der Waals surface area contributed by atoms with Crippen molar-refractivity contribution >= 4 is 11.5 Å². The summed E-state index contributed by atoms with van der Waals surface area (Å²) >= 11 is 0. The Morgan fingerprint density at radius 3 is 2.29 bits per heavy atom. The molecule has 0 bridgehead atoms. The van der Waals surface area contributed by atoms with Crippen molar-refractivity contribution in [1.29, 1.82) is 5.41 Å². The van der Waals surface area contributed by atoms with Gasteiger partial charge in [0.15, 0.2) is 0 Å². The van der Waals surface area contributed by atoms with Gasteiger partial charge in [0.1, 0.15) is 5.84 Å². The summed E-state index contributed by atoms with van der Waals surface area (Å²) in [6.45, 7) is -0.485. The highest BCUT2D eigenvalue weighted by atomic mass is 19.3. The molecule has 0 saturated heterocycles.